The molecule has 0 radical (unpaired) electrons. The van der Waals surface area contributed by atoms with Gasteiger partial charge in [0.1, 0.15) is 0 Å². The Morgan fingerprint density at radius 1 is 1.36 bits per heavy atom. The van der Waals surface area contributed by atoms with Crippen LogP contribution in [0.15, 0.2) is 0 Å². The smallest absolute Gasteiger partial charge is 0.153 e. The van der Waals surface area contributed by atoms with Crippen LogP contribution in [0.4, 0.5) is 0 Å². The van der Waals surface area contributed by atoms with E-state index in [9.17, 15) is 8.42 Å². The Labute approximate surface area is 85.4 Å². The first-order valence-corrected chi connectivity index (χ1v) is 7.07. The van der Waals surface area contributed by atoms with Crippen molar-refractivity contribution in [3.05, 3.63) is 0 Å². The first kappa shape index (κ1) is 10.4. The fourth-order valence-corrected chi connectivity index (χ4v) is 3.87. The van der Waals surface area contributed by atoms with Crippen molar-refractivity contribution in [1.29, 1.82) is 0 Å². The number of piperidine rings is 1. The lowest BCUT2D eigenvalue weighted by Gasteiger charge is -2.41. The lowest BCUT2D eigenvalue weighted by atomic mass is 9.97. The van der Waals surface area contributed by atoms with Crippen molar-refractivity contribution in [2.75, 3.05) is 31.1 Å². The molecule has 0 spiro atoms. The van der Waals surface area contributed by atoms with E-state index in [1.54, 1.807) is 0 Å². The summed E-state index contributed by atoms with van der Waals surface area (Å²) in [5, 5.41) is 0. The summed E-state index contributed by atoms with van der Waals surface area (Å²) in [5.74, 6) is 1.31. The van der Waals surface area contributed by atoms with Gasteiger partial charge in [-0.25, -0.2) is 8.42 Å². The molecule has 0 amide bonds. The van der Waals surface area contributed by atoms with Crippen LogP contribution in [0.25, 0.3) is 0 Å². The van der Waals surface area contributed by atoms with Gasteiger partial charge in [0.25, 0.3) is 0 Å². The Hall–Kier alpha value is -0.130. The average Bonchev–Trinajstić information content (AvgIpc) is 2.14. The highest BCUT2D eigenvalue weighted by atomic mass is 32.2. The maximum Gasteiger partial charge on any atom is 0.153 e. The molecule has 0 aromatic carbocycles. The van der Waals surface area contributed by atoms with E-state index in [1.807, 2.05) is 0 Å². The molecular formula is C9H18N2O2S. The monoisotopic (exact) mass is 218 g/mol. The molecule has 2 aliphatic heterocycles. The van der Waals surface area contributed by atoms with Crippen LogP contribution in [0.3, 0.4) is 0 Å². The average molecular weight is 218 g/mol. The summed E-state index contributed by atoms with van der Waals surface area (Å²) in [6.07, 6.45) is 2.37. The second kappa shape index (κ2) is 3.79. The van der Waals surface area contributed by atoms with Gasteiger partial charge in [0.05, 0.1) is 11.5 Å². The van der Waals surface area contributed by atoms with Crippen molar-refractivity contribution < 1.29 is 8.42 Å². The van der Waals surface area contributed by atoms with Gasteiger partial charge in [0, 0.05) is 12.6 Å². The molecule has 0 saturated carbocycles. The lowest BCUT2D eigenvalue weighted by molar-refractivity contribution is 0.138. The molecule has 0 bridgehead atoms. The highest BCUT2D eigenvalue weighted by molar-refractivity contribution is 7.92. The van der Waals surface area contributed by atoms with Crippen LogP contribution in [-0.2, 0) is 9.84 Å². The molecule has 2 fully saturated rings. The van der Waals surface area contributed by atoms with Gasteiger partial charge in [0.2, 0.25) is 0 Å². The molecule has 2 aliphatic rings. The van der Waals surface area contributed by atoms with Crippen molar-refractivity contribution in [3.63, 3.8) is 0 Å². The van der Waals surface area contributed by atoms with Gasteiger partial charge in [-0.1, -0.05) is 0 Å². The predicted molar refractivity (Wildman–Crippen MR) is 55.8 cm³/mol. The van der Waals surface area contributed by atoms with E-state index in [-0.39, 0.29) is 6.04 Å². The Kier molecular flexibility index (Phi) is 2.81. The first-order chi connectivity index (χ1) is 6.61. The van der Waals surface area contributed by atoms with Crippen molar-refractivity contribution in [3.8, 4) is 0 Å². The maximum absolute atomic E-state index is 11.0. The van der Waals surface area contributed by atoms with Crippen LogP contribution in [0.1, 0.15) is 12.8 Å². The van der Waals surface area contributed by atoms with Gasteiger partial charge in [-0.05, 0) is 31.8 Å². The second-order valence-corrected chi connectivity index (χ2v) is 6.62. The van der Waals surface area contributed by atoms with E-state index in [0.29, 0.717) is 17.4 Å². The third kappa shape index (κ3) is 2.10. The van der Waals surface area contributed by atoms with Crippen LogP contribution < -0.4 is 5.73 Å². The van der Waals surface area contributed by atoms with Gasteiger partial charge in [-0.15, -0.1) is 0 Å². The van der Waals surface area contributed by atoms with Crippen molar-refractivity contribution in [1.82, 2.24) is 4.90 Å². The second-order valence-electron chi connectivity index (χ2n) is 4.47. The van der Waals surface area contributed by atoms with E-state index >= 15 is 0 Å². The number of sulfone groups is 1. The molecule has 2 saturated heterocycles. The topological polar surface area (TPSA) is 63.4 Å². The Morgan fingerprint density at radius 3 is 2.64 bits per heavy atom. The molecule has 82 valence electrons. The zero-order valence-electron chi connectivity index (χ0n) is 8.35. The van der Waals surface area contributed by atoms with Crippen molar-refractivity contribution in [2.45, 2.75) is 18.9 Å². The summed E-state index contributed by atoms with van der Waals surface area (Å²) < 4.78 is 22.1. The summed E-state index contributed by atoms with van der Waals surface area (Å²) in [5.41, 5.74) is 5.63. The van der Waals surface area contributed by atoms with E-state index in [1.165, 1.54) is 12.8 Å². The lowest BCUT2D eigenvalue weighted by Crippen LogP contribution is -2.56. The molecule has 5 heteroatoms. The minimum absolute atomic E-state index is 0.286. The highest BCUT2D eigenvalue weighted by Crippen LogP contribution is 2.23. The summed E-state index contributed by atoms with van der Waals surface area (Å²) in [7, 11) is -2.68. The number of hydrogen-bond donors (Lipinski definition) is 1. The zero-order valence-corrected chi connectivity index (χ0v) is 9.17. The molecule has 0 aliphatic carbocycles. The summed E-state index contributed by atoms with van der Waals surface area (Å²) in [6, 6.07) is 0.286. The SMILES string of the molecule is NCC1CCCN(C2CS(=O)(=O)C2)C1. The Bertz CT molecular complexity index is 290. The van der Waals surface area contributed by atoms with Crippen molar-refractivity contribution in [2.24, 2.45) is 11.7 Å². The molecule has 0 aromatic heterocycles. The van der Waals surface area contributed by atoms with Crippen LogP contribution in [0, 0.1) is 5.92 Å². The molecule has 4 nitrogen and oxygen atoms in total. The molecule has 2 heterocycles. The third-order valence-corrected chi connectivity index (χ3v) is 5.08. The maximum atomic E-state index is 11.0. The standard InChI is InChI=1S/C9H18N2O2S/c10-4-8-2-1-3-11(5-8)9-6-14(12,13)7-9/h8-9H,1-7,10H2. The molecular weight excluding hydrogens is 200 g/mol. The van der Waals surface area contributed by atoms with Crippen molar-refractivity contribution >= 4 is 9.84 Å². The van der Waals surface area contributed by atoms with Gasteiger partial charge < -0.3 is 5.73 Å². The van der Waals surface area contributed by atoms with Crippen LogP contribution in [0.5, 0.6) is 0 Å². The molecule has 1 atom stereocenters. The highest BCUT2D eigenvalue weighted by Gasteiger charge is 2.38. The van der Waals surface area contributed by atoms with Gasteiger partial charge >= 0.3 is 0 Å². The van der Waals surface area contributed by atoms with Crippen LogP contribution >= 0.6 is 0 Å². The summed E-state index contributed by atoms with van der Waals surface area (Å²) in [6.45, 7) is 2.78. The number of hydrogen-bond acceptors (Lipinski definition) is 4. The Balaban J connectivity index is 1.87. The first-order valence-electron chi connectivity index (χ1n) is 5.25. The van der Waals surface area contributed by atoms with Gasteiger partial charge in [-0.2, -0.15) is 0 Å². The minimum atomic E-state index is -2.68. The number of likely N-dealkylation sites (tertiary alicyclic amines) is 1. The predicted octanol–water partition coefficient (Wildman–Crippen LogP) is -0.546. The summed E-state index contributed by atoms with van der Waals surface area (Å²) in [4.78, 5) is 2.31. The Morgan fingerprint density at radius 2 is 2.07 bits per heavy atom. The third-order valence-electron chi connectivity index (χ3n) is 3.29. The number of nitrogens with zero attached hydrogens (tertiary/aromatic N) is 1. The van der Waals surface area contributed by atoms with E-state index < -0.39 is 9.84 Å². The molecule has 2 rings (SSSR count). The quantitative estimate of drug-likeness (QED) is 0.676. The van der Waals surface area contributed by atoms with E-state index in [4.69, 9.17) is 5.73 Å². The fourth-order valence-electron chi connectivity index (χ4n) is 2.37. The molecule has 0 aromatic rings. The molecule has 1 unspecified atom stereocenters. The molecule has 14 heavy (non-hydrogen) atoms. The van der Waals surface area contributed by atoms with Gasteiger partial charge in [-0.3, -0.25) is 4.90 Å². The van der Waals surface area contributed by atoms with E-state index in [2.05, 4.69) is 4.90 Å². The van der Waals surface area contributed by atoms with Crippen LogP contribution in [0.2, 0.25) is 0 Å². The van der Waals surface area contributed by atoms with Crippen LogP contribution in [-0.4, -0.2) is 50.5 Å². The van der Waals surface area contributed by atoms with Gasteiger partial charge in [0.15, 0.2) is 9.84 Å². The largest absolute Gasteiger partial charge is 0.330 e. The number of rotatable bonds is 2. The fraction of sp³-hybridized carbons (Fsp3) is 1.00. The summed E-state index contributed by atoms with van der Waals surface area (Å²) >= 11 is 0. The number of nitrogens with two attached hydrogens (primary N) is 1. The molecule has 2 N–H and O–H groups in total. The van der Waals surface area contributed by atoms with E-state index in [0.717, 1.165) is 19.6 Å². The normalized spacial score (nSPS) is 33.9. The zero-order chi connectivity index (χ0) is 10.2. The minimum Gasteiger partial charge on any atom is -0.330 e.